The number of imidazole rings is 1. The van der Waals surface area contributed by atoms with Crippen LogP contribution < -0.4 is 5.73 Å². The van der Waals surface area contributed by atoms with Crippen molar-refractivity contribution in [2.24, 2.45) is 5.92 Å². The number of nitrogens with two attached hydrogens (primary N) is 1. The maximum absolute atomic E-state index is 10.8. The van der Waals surface area contributed by atoms with Crippen molar-refractivity contribution in [3.63, 3.8) is 0 Å². The number of aliphatic hydroxyl groups excluding tert-OH is 2. The molecule has 3 rings (SSSR count). The SMILES string of the molecule is Nc1nc(Cl)nc2c1ncn2[C@@H]1C[C@H](COP(=O)(O)O)[C@@H](O)[C@H]1O. The van der Waals surface area contributed by atoms with Gasteiger partial charge in [-0.3, -0.25) is 4.52 Å². The lowest BCUT2D eigenvalue weighted by atomic mass is 10.1. The number of hydrogen-bond donors (Lipinski definition) is 5. The minimum absolute atomic E-state index is 0.0816. The number of nitrogen functional groups attached to an aromatic ring is 1. The molecule has 0 spiro atoms. The van der Waals surface area contributed by atoms with Crippen molar-refractivity contribution in [1.29, 1.82) is 0 Å². The maximum atomic E-state index is 10.8. The minimum Gasteiger partial charge on any atom is -0.390 e. The fourth-order valence-electron chi connectivity index (χ4n) is 2.89. The Balaban J connectivity index is 1.89. The predicted octanol–water partition coefficient (Wildman–Crippen LogP) is -0.546. The monoisotopic (exact) mass is 379 g/mol. The molecule has 2 aromatic rings. The van der Waals surface area contributed by atoms with Crippen LogP contribution in [0.3, 0.4) is 0 Å². The highest BCUT2D eigenvalue weighted by Crippen LogP contribution is 2.42. The quantitative estimate of drug-likeness (QED) is 0.342. The van der Waals surface area contributed by atoms with Gasteiger partial charge in [0.05, 0.1) is 25.1 Å². The van der Waals surface area contributed by atoms with Crippen molar-refractivity contribution in [3.8, 4) is 0 Å². The zero-order chi connectivity index (χ0) is 17.6. The Labute approximate surface area is 140 Å². The highest BCUT2D eigenvalue weighted by Gasteiger charge is 2.43. The van der Waals surface area contributed by atoms with E-state index >= 15 is 0 Å². The smallest absolute Gasteiger partial charge is 0.390 e. The van der Waals surface area contributed by atoms with Crippen molar-refractivity contribution in [1.82, 2.24) is 19.5 Å². The van der Waals surface area contributed by atoms with E-state index in [1.165, 1.54) is 10.9 Å². The van der Waals surface area contributed by atoms with Gasteiger partial charge in [0.25, 0.3) is 0 Å². The van der Waals surface area contributed by atoms with E-state index in [2.05, 4.69) is 19.5 Å². The lowest BCUT2D eigenvalue weighted by molar-refractivity contribution is -0.00374. The number of halogens is 1. The first-order chi connectivity index (χ1) is 11.2. The van der Waals surface area contributed by atoms with Gasteiger partial charge in [0.2, 0.25) is 5.28 Å². The van der Waals surface area contributed by atoms with Gasteiger partial charge >= 0.3 is 7.82 Å². The number of phosphoric ester groups is 1. The fourth-order valence-corrected chi connectivity index (χ4v) is 3.44. The Kier molecular flexibility index (Phi) is 4.51. The van der Waals surface area contributed by atoms with Crippen molar-refractivity contribution >= 4 is 36.4 Å². The molecule has 0 bridgehead atoms. The molecule has 0 radical (unpaired) electrons. The molecule has 0 aliphatic heterocycles. The van der Waals surface area contributed by atoms with Crippen LogP contribution in [0.5, 0.6) is 0 Å². The Morgan fingerprint density at radius 1 is 1.38 bits per heavy atom. The average Bonchev–Trinajstić information content (AvgIpc) is 3.00. The lowest BCUT2D eigenvalue weighted by Crippen LogP contribution is -2.30. The molecule has 132 valence electrons. The molecule has 2 heterocycles. The van der Waals surface area contributed by atoms with Crippen LogP contribution in [-0.4, -0.2) is 58.3 Å². The molecule has 1 aliphatic carbocycles. The van der Waals surface area contributed by atoms with E-state index in [0.29, 0.717) is 11.2 Å². The summed E-state index contributed by atoms with van der Waals surface area (Å²) < 4.78 is 16.7. The predicted molar refractivity (Wildman–Crippen MR) is 81.9 cm³/mol. The third kappa shape index (κ3) is 3.24. The van der Waals surface area contributed by atoms with E-state index in [-0.39, 0.29) is 17.5 Å². The fraction of sp³-hybridized carbons (Fsp3) is 0.545. The molecule has 24 heavy (non-hydrogen) atoms. The molecular weight excluding hydrogens is 365 g/mol. The molecule has 1 aliphatic rings. The minimum atomic E-state index is -4.66. The summed E-state index contributed by atoms with van der Waals surface area (Å²) in [5.74, 6) is -0.595. The van der Waals surface area contributed by atoms with Gasteiger partial charge < -0.3 is 30.3 Å². The van der Waals surface area contributed by atoms with Crippen molar-refractivity contribution < 1.29 is 29.1 Å². The molecule has 2 aromatic heterocycles. The molecule has 11 nitrogen and oxygen atoms in total. The van der Waals surface area contributed by atoms with Gasteiger partial charge in [0.15, 0.2) is 11.5 Å². The number of fused-ring (bicyclic) bond motifs is 1. The van der Waals surface area contributed by atoms with Crippen LogP contribution in [0.15, 0.2) is 6.33 Å². The number of nitrogens with zero attached hydrogens (tertiary/aromatic N) is 4. The summed E-state index contributed by atoms with van der Waals surface area (Å²) in [5, 5.41) is 20.3. The second-order valence-corrected chi connectivity index (χ2v) is 7.11. The Morgan fingerprint density at radius 3 is 2.75 bits per heavy atom. The van der Waals surface area contributed by atoms with Crippen LogP contribution in [-0.2, 0) is 9.09 Å². The van der Waals surface area contributed by atoms with E-state index < -0.39 is 38.6 Å². The van der Waals surface area contributed by atoms with Crippen LogP contribution in [0, 0.1) is 5.92 Å². The molecule has 0 aromatic carbocycles. The third-order valence-corrected chi connectivity index (χ3v) is 4.66. The van der Waals surface area contributed by atoms with Crippen LogP contribution in [0.1, 0.15) is 12.5 Å². The molecule has 4 atom stereocenters. The molecule has 0 amide bonds. The molecule has 0 saturated heterocycles. The van der Waals surface area contributed by atoms with E-state index in [1.54, 1.807) is 0 Å². The lowest BCUT2D eigenvalue weighted by Gasteiger charge is -2.18. The summed E-state index contributed by atoms with van der Waals surface area (Å²) in [6, 6.07) is -0.638. The maximum Gasteiger partial charge on any atom is 0.469 e. The summed E-state index contributed by atoms with van der Waals surface area (Å²) in [6.07, 6.45) is -0.856. The second-order valence-electron chi connectivity index (χ2n) is 5.53. The molecule has 13 heteroatoms. The van der Waals surface area contributed by atoms with Crippen molar-refractivity contribution in [2.45, 2.75) is 24.7 Å². The number of hydrogen-bond acceptors (Lipinski definition) is 8. The van der Waals surface area contributed by atoms with Gasteiger partial charge in [-0.15, -0.1) is 0 Å². The van der Waals surface area contributed by atoms with Gasteiger partial charge in [-0.1, -0.05) is 0 Å². The zero-order valence-corrected chi connectivity index (χ0v) is 13.7. The normalized spacial score (nSPS) is 27.9. The Bertz CT molecular complexity index is 812. The standard InChI is InChI=1S/C11H15ClN5O6P/c12-11-15-9(13)6-10(16-11)17(3-14-6)5-1-4(7(18)8(5)19)2-23-24(20,21)22/h3-5,7-8,18-19H,1-2H2,(H2,13,15,16)(H2,20,21,22)/t4-,5-,7-,8+/m1/s1. The van der Waals surface area contributed by atoms with Crippen LogP contribution in [0.2, 0.25) is 5.28 Å². The Hall–Kier alpha value is -1.33. The van der Waals surface area contributed by atoms with Crippen LogP contribution >= 0.6 is 19.4 Å². The van der Waals surface area contributed by atoms with Gasteiger partial charge in [0, 0.05) is 5.92 Å². The van der Waals surface area contributed by atoms with Gasteiger partial charge in [-0.25, -0.2) is 9.55 Å². The van der Waals surface area contributed by atoms with E-state index in [1.807, 2.05) is 0 Å². The topological polar surface area (TPSA) is 177 Å². The Morgan fingerprint density at radius 2 is 2.08 bits per heavy atom. The first-order valence-electron chi connectivity index (χ1n) is 6.89. The van der Waals surface area contributed by atoms with E-state index in [0.717, 1.165) is 0 Å². The second kappa shape index (κ2) is 6.19. The van der Waals surface area contributed by atoms with Gasteiger partial charge in [-0.2, -0.15) is 9.97 Å². The first kappa shape index (κ1) is 17.5. The van der Waals surface area contributed by atoms with Crippen LogP contribution in [0.25, 0.3) is 11.2 Å². The van der Waals surface area contributed by atoms with Crippen molar-refractivity contribution in [2.75, 3.05) is 12.3 Å². The molecule has 1 saturated carbocycles. The highest BCUT2D eigenvalue weighted by atomic mass is 35.5. The number of aliphatic hydroxyl groups is 2. The summed E-state index contributed by atoms with van der Waals surface area (Å²) in [5.41, 5.74) is 6.32. The largest absolute Gasteiger partial charge is 0.469 e. The molecule has 0 unspecified atom stereocenters. The molecular formula is C11H15ClN5O6P. The van der Waals surface area contributed by atoms with Gasteiger partial charge in [-0.05, 0) is 18.0 Å². The van der Waals surface area contributed by atoms with Gasteiger partial charge in [0.1, 0.15) is 11.6 Å². The number of anilines is 1. The zero-order valence-electron chi connectivity index (χ0n) is 12.1. The first-order valence-corrected chi connectivity index (χ1v) is 8.80. The highest BCUT2D eigenvalue weighted by molar-refractivity contribution is 7.46. The van der Waals surface area contributed by atoms with Crippen molar-refractivity contribution in [3.05, 3.63) is 11.6 Å². The summed E-state index contributed by atoms with van der Waals surface area (Å²) in [4.78, 5) is 29.4. The summed E-state index contributed by atoms with van der Waals surface area (Å²) in [6.45, 7) is -0.399. The van der Waals surface area contributed by atoms with E-state index in [4.69, 9.17) is 27.1 Å². The third-order valence-electron chi connectivity index (χ3n) is 4.01. The number of rotatable bonds is 4. The number of aromatic nitrogens is 4. The average molecular weight is 380 g/mol. The van der Waals surface area contributed by atoms with Crippen LogP contribution in [0.4, 0.5) is 5.82 Å². The van der Waals surface area contributed by atoms with E-state index in [9.17, 15) is 14.8 Å². The molecule has 1 fully saturated rings. The summed E-state index contributed by atoms with van der Waals surface area (Å²) >= 11 is 5.79. The molecule has 6 N–H and O–H groups in total. The summed E-state index contributed by atoms with van der Waals surface area (Å²) in [7, 11) is -4.66. The number of phosphoric acid groups is 1.